The molecule has 0 saturated heterocycles. The summed E-state index contributed by atoms with van der Waals surface area (Å²) in [6.45, 7) is 17.0. The first-order chi connectivity index (χ1) is 15.2. The molecule has 3 N–H and O–H groups in total. The van der Waals surface area contributed by atoms with Crippen LogP contribution in [-0.4, -0.2) is 34.1 Å². The lowest BCUT2D eigenvalue weighted by Gasteiger charge is -2.71. The van der Waals surface area contributed by atoms with Crippen LogP contribution in [0.2, 0.25) is 0 Å². The minimum absolute atomic E-state index is 0.0131. The molecule has 0 aliphatic heterocycles. The first kappa shape index (κ1) is 24.3. The van der Waals surface area contributed by atoms with Crippen LogP contribution < -0.4 is 0 Å². The molecule has 10 atom stereocenters. The predicted molar refractivity (Wildman–Crippen MR) is 134 cm³/mol. The third-order valence-corrected chi connectivity index (χ3v) is 13.4. The van der Waals surface area contributed by atoms with Crippen LogP contribution in [-0.2, 0) is 0 Å². The summed E-state index contributed by atoms with van der Waals surface area (Å²) in [6, 6.07) is 0. The Morgan fingerprint density at radius 2 is 1.48 bits per heavy atom. The van der Waals surface area contributed by atoms with Gasteiger partial charge in [0.2, 0.25) is 0 Å². The molecule has 3 nitrogen and oxygen atoms in total. The van der Waals surface area contributed by atoms with E-state index in [9.17, 15) is 15.3 Å². The van der Waals surface area contributed by atoms with Gasteiger partial charge in [-0.25, -0.2) is 0 Å². The lowest BCUT2D eigenvalue weighted by atomic mass is 9.33. The average Bonchev–Trinajstić information content (AvgIpc) is 2.73. The topological polar surface area (TPSA) is 60.7 Å². The molecule has 0 amide bonds. The van der Waals surface area contributed by atoms with Gasteiger partial charge in [-0.15, -0.1) is 0 Å². The summed E-state index contributed by atoms with van der Waals surface area (Å²) in [5.41, 5.74) is 2.02. The Hall–Kier alpha value is -0.380. The second-order valence-corrected chi connectivity index (χ2v) is 15.1. The number of hydrogen-bond acceptors (Lipinski definition) is 3. The molecule has 5 rings (SSSR count). The summed E-state index contributed by atoms with van der Waals surface area (Å²) in [6.07, 6.45) is 11.7. The molecule has 0 aromatic carbocycles. The first-order valence-electron chi connectivity index (χ1n) is 13.9. The van der Waals surface area contributed by atoms with Crippen molar-refractivity contribution in [3.63, 3.8) is 0 Å². The van der Waals surface area contributed by atoms with Gasteiger partial charge in [-0.3, -0.25) is 0 Å². The Kier molecular flexibility index (Phi) is 5.23. The number of fused-ring (bicyclic) bond motifs is 7. The second-order valence-electron chi connectivity index (χ2n) is 15.1. The molecule has 0 radical (unpaired) electrons. The minimum atomic E-state index is -0.335. The van der Waals surface area contributed by atoms with Gasteiger partial charge in [0.25, 0.3) is 0 Å². The molecule has 5 aliphatic carbocycles. The molecule has 33 heavy (non-hydrogen) atoms. The van der Waals surface area contributed by atoms with E-state index in [4.69, 9.17) is 0 Å². The highest BCUT2D eigenvalue weighted by atomic mass is 16.3. The van der Waals surface area contributed by atoms with Gasteiger partial charge in [0.15, 0.2) is 0 Å². The fourth-order valence-corrected chi connectivity index (χ4v) is 10.7. The Morgan fingerprint density at radius 1 is 0.788 bits per heavy atom. The number of allylic oxidation sites excluding steroid dienone is 2. The van der Waals surface area contributed by atoms with Gasteiger partial charge in [0.05, 0.1) is 12.2 Å². The third-order valence-electron chi connectivity index (χ3n) is 13.4. The Bertz CT molecular complexity index is 847. The van der Waals surface area contributed by atoms with E-state index < -0.39 is 0 Å². The van der Waals surface area contributed by atoms with Gasteiger partial charge in [0, 0.05) is 12.0 Å². The van der Waals surface area contributed by atoms with Crippen molar-refractivity contribution in [1.29, 1.82) is 0 Å². The molecule has 0 spiro atoms. The monoisotopic (exact) mass is 458 g/mol. The van der Waals surface area contributed by atoms with E-state index >= 15 is 0 Å². The zero-order valence-corrected chi connectivity index (χ0v) is 22.4. The van der Waals surface area contributed by atoms with Gasteiger partial charge in [-0.05, 0) is 103 Å². The normalized spacial score (nSPS) is 57.8. The van der Waals surface area contributed by atoms with Gasteiger partial charge in [0.1, 0.15) is 0 Å². The molecule has 4 saturated carbocycles. The summed E-state index contributed by atoms with van der Waals surface area (Å²) in [5.74, 6) is 1.59. The van der Waals surface area contributed by atoms with Crippen molar-refractivity contribution in [3.8, 4) is 0 Å². The van der Waals surface area contributed by atoms with Crippen LogP contribution in [0.15, 0.2) is 11.6 Å². The van der Waals surface area contributed by atoms with E-state index in [1.54, 1.807) is 5.57 Å². The number of rotatable bonds is 1. The fraction of sp³-hybridized carbons (Fsp3) is 0.933. The summed E-state index contributed by atoms with van der Waals surface area (Å²) in [7, 11) is 0. The van der Waals surface area contributed by atoms with E-state index in [0.717, 1.165) is 38.5 Å². The van der Waals surface area contributed by atoms with Crippen LogP contribution in [0.5, 0.6) is 0 Å². The van der Waals surface area contributed by atoms with Gasteiger partial charge in [-0.2, -0.15) is 0 Å². The van der Waals surface area contributed by atoms with E-state index in [1.807, 2.05) is 0 Å². The van der Waals surface area contributed by atoms with Crippen LogP contribution in [0.25, 0.3) is 0 Å². The molecule has 0 bridgehead atoms. The molecule has 5 aliphatic rings. The van der Waals surface area contributed by atoms with Crippen molar-refractivity contribution in [2.45, 2.75) is 118 Å². The van der Waals surface area contributed by atoms with Crippen LogP contribution >= 0.6 is 0 Å². The smallest absolute Gasteiger partial charge is 0.0605 e. The van der Waals surface area contributed by atoms with Crippen molar-refractivity contribution in [1.82, 2.24) is 0 Å². The Balaban J connectivity index is 1.58. The molecule has 4 fully saturated rings. The van der Waals surface area contributed by atoms with E-state index in [1.165, 1.54) is 19.3 Å². The van der Waals surface area contributed by atoms with E-state index in [0.29, 0.717) is 17.8 Å². The zero-order valence-electron chi connectivity index (χ0n) is 22.4. The molecule has 0 heterocycles. The van der Waals surface area contributed by atoms with Crippen molar-refractivity contribution in [2.75, 3.05) is 6.61 Å². The Morgan fingerprint density at radius 3 is 2.15 bits per heavy atom. The quantitative estimate of drug-likeness (QED) is 0.415. The molecule has 188 valence electrons. The summed E-state index contributed by atoms with van der Waals surface area (Å²) >= 11 is 0. The van der Waals surface area contributed by atoms with Crippen molar-refractivity contribution >= 4 is 0 Å². The molecular weight excluding hydrogens is 408 g/mol. The maximum Gasteiger partial charge on any atom is 0.0605 e. The number of aliphatic hydroxyl groups excluding tert-OH is 3. The molecule has 0 aromatic rings. The highest BCUT2D eigenvalue weighted by Gasteiger charge is 2.68. The van der Waals surface area contributed by atoms with Crippen molar-refractivity contribution < 1.29 is 15.3 Å². The maximum atomic E-state index is 11.3. The van der Waals surface area contributed by atoms with E-state index in [2.05, 4.69) is 54.5 Å². The zero-order chi connectivity index (χ0) is 24.2. The predicted octanol–water partition coefficient (Wildman–Crippen LogP) is 6.11. The highest BCUT2D eigenvalue weighted by Crippen LogP contribution is 2.75. The minimum Gasteiger partial charge on any atom is -0.396 e. The summed E-state index contributed by atoms with van der Waals surface area (Å²) < 4.78 is 0. The van der Waals surface area contributed by atoms with Crippen LogP contribution in [0.3, 0.4) is 0 Å². The van der Waals surface area contributed by atoms with Gasteiger partial charge < -0.3 is 15.3 Å². The largest absolute Gasteiger partial charge is 0.396 e. The highest BCUT2D eigenvalue weighted by molar-refractivity contribution is 5.34. The lowest BCUT2D eigenvalue weighted by Crippen LogP contribution is -2.65. The SMILES string of the molecule is CC1(C)[C@H](O)CC[C@]2(C)[C@@H]1CC[C@]1(C)[C@@H]2CC=C2[C@H]3C[C@@](C)(CO)C[C@@H](O)[C@]3(C)CC[C@]21C. The lowest BCUT2D eigenvalue weighted by molar-refractivity contribution is -0.208. The van der Waals surface area contributed by atoms with Crippen molar-refractivity contribution in [2.24, 2.45) is 50.2 Å². The second kappa shape index (κ2) is 7.10. The molecule has 0 aromatic heterocycles. The fourth-order valence-electron chi connectivity index (χ4n) is 10.7. The Labute approximate surface area is 202 Å². The van der Waals surface area contributed by atoms with E-state index in [-0.39, 0.29) is 51.3 Å². The number of aliphatic hydroxyl groups is 3. The van der Waals surface area contributed by atoms with Gasteiger partial charge in [-0.1, -0.05) is 60.1 Å². The van der Waals surface area contributed by atoms with Crippen LogP contribution in [0.4, 0.5) is 0 Å². The average molecular weight is 459 g/mol. The molecule has 3 heteroatoms. The van der Waals surface area contributed by atoms with Crippen molar-refractivity contribution in [3.05, 3.63) is 11.6 Å². The first-order valence-corrected chi connectivity index (χ1v) is 13.9. The summed E-state index contributed by atoms with van der Waals surface area (Å²) in [5, 5.41) is 32.4. The standard InChI is InChI=1S/C30H50O3/c1-25(2)21-10-13-30(7)22(28(21,5)12-11-23(25)32)9-8-19-20-16-26(3,18-31)17-24(33)27(20,4)14-15-29(19,30)6/h8,20-24,31-33H,9-18H2,1-7H3/t20-,21-,22-,23-,24-,26-,27-,28-,29-,30-/m1/s1. The van der Waals surface area contributed by atoms with Gasteiger partial charge >= 0.3 is 0 Å². The molecular formula is C30H50O3. The van der Waals surface area contributed by atoms with Crippen LogP contribution in [0, 0.1) is 50.2 Å². The third kappa shape index (κ3) is 2.91. The number of hydrogen-bond donors (Lipinski definition) is 3. The van der Waals surface area contributed by atoms with Crippen LogP contribution in [0.1, 0.15) is 106 Å². The summed E-state index contributed by atoms with van der Waals surface area (Å²) in [4.78, 5) is 0. The molecule has 0 unspecified atom stereocenters. The maximum absolute atomic E-state index is 11.3.